The van der Waals surface area contributed by atoms with Crippen LogP contribution in [0.2, 0.25) is 0 Å². The number of carbonyl (C=O) groups is 6. The quantitative estimate of drug-likeness (QED) is 0.0503. The number of anilines is 1. The zero-order chi connectivity index (χ0) is 37.6. The molecule has 14 nitrogen and oxygen atoms in total. The number of hydrogen-bond donors (Lipinski definition) is 5. The van der Waals surface area contributed by atoms with Crippen molar-refractivity contribution in [2.45, 2.75) is 74.2 Å². The van der Waals surface area contributed by atoms with E-state index in [4.69, 9.17) is 11.5 Å². The van der Waals surface area contributed by atoms with Crippen LogP contribution in [-0.2, 0) is 24.0 Å². The van der Waals surface area contributed by atoms with Crippen molar-refractivity contribution in [2.75, 3.05) is 18.0 Å². The largest absolute Gasteiger partial charge is 0.368 e. The topological polar surface area (TPSA) is 220 Å². The van der Waals surface area contributed by atoms with Gasteiger partial charge in [0.25, 0.3) is 5.91 Å². The van der Waals surface area contributed by atoms with Gasteiger partial charge in [0.05, 0.1) is 16.7 Å². The number of amides is 6. The predicted molar refractivity (Wildman–Crippen MR) is 202 cm³/mol. The Hall–Kier alpha value is -5.22. The third kappa shape index (κ3) is 10.9. The van der Waals surface area contributed by atoms with Gasteiger partial charge in [0.15, 0.2) is 0 Å². The fraction of sp³-hybridized carbons (Fsp3) is 0.333. The molecule has 2 heterocycles. The van der Waals surface area contributed by atoms with E-state index in [9.17, 15) is 28.8 Å². The number of hydrogen-bond acceptors (Lipinski definition) is 10. The molecule has 274 valence electrons. The lowest BCUT2D eigenvalue weighted by Crippen LogP contribution is -2.43. The summed E-state index contributed by atoms with van der Waals surface area (Å²) in [5.74, 6) is -2.10. The van der Waals surface area contributed by atoms with Crippen molar-refractivity contribution in [1.29, 1.82) is 0 Å². The first kappa shape index (κ1) is 39.6. The summed E-state index contributed by atoms with van der Waals surface area (Å²) in [6.07, 6.45) is 7.23. The van der Waals surface area contributed by atoms with Crippen molar-refractivity contribution < 1.29 is 28.8 Å². The van der Waals surface area contributed by atoms with Crippen LogP contribution in [0.1, 0.15) is 62.7 Å². The number of aromatic nitrogens is 2. The number of rotatable bonds is 20. The van der Waals surface area contributed by atoms with Gasteiger partial charge >= 0.3 is 0 Å². The van der Waals surface area contributed by atoms with Crippen LogP contribution in [0, 0.1) is 0 Å². The highest BCUT2D eigenvalue weighted by atomic mass is 33.1. The zero-order valence-electron chi connectivity index (χ0n) is 28.9. The molecule has 0 aliphatic carbocycles. The van der Waals surface area contributed by atoms with Crippen molar-refractivity contribution in [1.82, 2.24) is 25.9 Å². The van der Waals surface area contributed by atoms with E-state index in [2.05, 4.69) is 25.9 Å². The molecule has 6 amide bonds. The van der Waals surface area contributed by atoms with Gasteiger partial charge in [-0.2, -0.15) is 0 Å². The van der Waals surface area contributed by atoms with Gasteiger partial charge in [0.1, 0.15) is 12.1 Å². The molecule has 4 rings (SSSR count). The minimum atomic E-state index is -0.759. The number of nitrogens with one attached hydrogen (secondary N) is 3. The average molecular weight is 747 g/mol. The molecule has 0 saturated carbocycles. The van der Waals surface area contributed by atoms with Crippen LogP contribution in [-0.4, -0.2) is 71.1 Å². The van der Waals surface area contributed by atoms with Crippen molar-refractivity contribution in [3.63, 3.8) is 0 Å². The van der Waals surface area contributed by atoms with Crippen LogP contribution in [0.3, 0.4) is 0 Å². The van der Waals surface area contributed by atoms with Crippen LogP contribution in [0.15, 0.2) is 70.7 Å². The van der Waals surface area contributed by atoms with E-state index in [1.807, 2.05) is 36.4 Å². The lowest BCUT2D eigenvalue weighted by Gasteiger charge is -2.21. The summed E-state index contributed by atoms with van der Waals surface area (Å²) in [5, 5.41) is 9.52. The fourth-order valence-electron chi connectivity index (χ4n) is 5.64. The highest BCUT2D eigenvalue weighted by molar-refractivity contribution is 8.76. The summed E-state index contributed by atoms with van der Waals surface area (Å²) in [6.45, 7) is 3.43. The molecule has 2 atom stereocenters. The van der Waals surface area contributed by atoms with Crippen LogP contribution in [0.5, 0.6) is 0 Å². The lowest BCUT2D eigenvalue weighted by molar-refractivity contribution is -0.126. The molecule has 0 fully saturated rings. The molecule has 0 unspecified atom stereocenters. The summed E-state index contributed by atoms with van der Waals surface area (Å²) in [4.78, 5) is 83.8. The minimum absolute atomic E-state index is 0.249. The molecule has 16 heteroatoms. The molecular weight excluding hydrogens is 705 g/mol. The van der Waals surface area contributed by atoms with Gasteiger partial charge in [-0.3, -0.25) is 38.7 Å². The summed E-state index contributed by atoms with van der Waals surface area (Å²) in [6, 6.07) is 13.3. The van der Waals surface area contributed by atoms with Crippen LogP contribution >= 0.6 is 21.6 Å². The van der Waals surface area contributed by atoms with E-state index in [1.54, 1.807) is 29.4 Å². The fourth-order valence-corrected chi connectivity index (χ4v) is 7.90. The van der Waals surface area contributed by atoms with E-state index in [1.165, 1.54) is 35.4 Å². The Labute approximate surface area is 309 Å². The molecule has 2 aromatic carbocycles. The van der Waals surface area contributed by atoms with Crippen LogP contribution in [0.25, 0.3) is 21.8 Å². The second-order valence-corrected chi connectivity index (χ2v) is 14.2. The van der Waals surface area contributed by atoms with Crippen molar-refractivity contribution in [3.8, 4) is 0 Å². The third-order valence-corrected chi connectivity index (χ3v) is 10.6. The Bertz CT molecular complexity index is 1940. The van der Waals surface area contributed by atoms with Gasteiger partial charge in [0, 0.05) is 65.5 Å². The van der Waals surface area contributed by atoms with Crippen LogP contribution in [0.4, 0.5) is 5.69 Å². The standard InChI is InChI=1S/C36H42N8O6S2/c1-22(46)42-27(34(37)48)11-3-5-17-41-36(50)25-13-15-30(32-24(25)9-7-18-39-32)51-52-31-16-14-29(26-10-8-19-40-33(26)31)44(21-45)20-6-4-12-28(35(38)49)43-23(2)47/h7-10,13-16,18-19,21,27-28H,3-6,11-12,17,20H2,1-2H3,(H2,37,48)(H2,38,49)(H,41,50)(H,42,46)(H,43,47)/t27-,28+/m0/s1. The van der Waals surface area contributed by atoms with Crippen molar-refractivity contribution in [2.24, 2.45) is 11.5 Å². The maximum atomic E-state index is 13.2. The van der Waals surface area contributed by atoms with E-state index in [0.29, 0.717) is 73.8 Å². The smallest absolute Gasteiger partial charge is 0.251 e. The average Bonchev–Trinajstić information content (AvgIpc) is 3.12. The number of unbranched alkanes of at least 4 members (excludes halogenated alkanes) is 2. The first-order valence-electron chi connectivity index (χ1n) is 16.7. The monoisotopic (exact) mass is 746 g/mol. The highest BCUT2D eigenvalue weighted by Gasteiger charge is 2.19. The number of nitrogens with zero attached hydrogens (tertiary/aromatic N) is 3. The molecule has 0 saturated heterocycles. The van der Waals surface area contributed by atoms with Gasteiger partial charge in [-0.25, -0.2) is 0 Å². The van der Waals surface area contributed by atoms with E-state index < -0.39 is 23.9 Å². The SMILES string of the molecule is CC(=O)N[C@@H](CCCCNC(=O)c1ccc(SSc2ccc(N(C=O)CCCC[C@@H](NC(C)=O)C(N)=O)c3cccnc23)c2ncccc12)C(N)=O. The molecule has 0 bridgehead atoms. The van der Waals surface area contributed by atoms with Gasteiger partial charge in [0.2, 0.25) is 30.0 Å². The molecule has 2 aromatic heterocycles. The number of benzene rings is 2. The van der Waals surface area contributed by atoms with Crippen molar-refractivity contribution in [3.05, 3.63) is 66.5 Å². The second-order valence-electron chi connectivity index (χ2n) is 12.0. The predicted octanol–water partition coefficient (Wildman–Crippen LogP) is 3.60. The Kier molecular flexibility index (Phi) is 14.8. The molecule has 0 aliphatic rings. The minimum Gasteiger partial charge on any atom is -0.368 e. The molecule has 0 aliphatic heterocycles. The number of carbonyl (C=O) groups excluding carboxylic acids is 6. The number of primary amides is 2. The second kappa shape index (κ2) is 19.4. The van der Waals surface area contributed by atoms with Crippen LogP contribution < -0.4 is 32.3 Å². The Balaban J connectivity index is 1.41. The Morgan fingerprint density at radius 1 is 0.750 bits per heavy atom. The summed E-state index contributed by atoms with van der Waals surface area (Å²) >= 11 is 0. The lowest BCUT2D eigenvalue weighted by atomic mass is 10.1. The molecule has 7 N–H and O–H groups in total. The van der Waals surface area contributed by atoms with Gasteiger partial charge in [-0.15, -0.1) is 0 Å². The molecule has 0 radical (unpaired) electrons. The van der Waals surface area contributed by atoms with E-state index >= 15 is 0 Å². The first-order chi connectivity index (χ1) is 25.0. The summed E-state index contributed by atoms with van der Waals surface area (Å²) in [7, 11) is 2.97. The van der Waals surface area contributed by atoms with Crippen molar-refractivity contribution >= 4 is 85.0 Å². The summed E-state index contributed by atoms with van der Waals surface area (Å²) in [5.41, 5.74) is 13.3. The number of nitrogens with two attached hydrogens (primary N) is 2. The first-order valence-corrected chi connectivity index (χ1v) is 18.9. The van der Waals surface area contributed by atoms with E-state index in [-0.39, 0.29) is 17.7 Å². The van der Waals surface area contributed by atoms with Gasteiger partial charge in [-0.05, 0) is 81.0 Å². The normalized spacial score (nSPS) is 12.1. The molecule has 4 aromatic rings. The zero-order valence-corrected chi connectivity index (χ0v) is 30.6. The van der Waals surface area contributed by atoms with Gasteiger partial charge in [-0.1, -0.05) is 27.7 Å². The van der Waals surface area contributed by atoms with Gasteiger partial charge < -0.3 is 32.3 Å². The highest BCUT2D eigenvalue weighted by Crippen LogP contribution is 2.44. The number of pyridine rings is 2. The van der Waals surface area contributed by atoms with E-state index in [0.717, 1.165) is 27.1 Å². The maximum Gasteiger partial charge on any atom is 0.251 e. The third-order valence-electron chi connectivity index (χ3n) is 8.13. The molecule has 0 spiro atoms. The molecular formula is C36H42N8O6S2. The molecule has 52 heavy (non-hydrogen) atoms. The summed E-state index contributed by atoms with van der Waals surface area (Å²) < 4.78 is 0. The maximum absolute atomic E-state index is 13.2. The Morgan fingerprint density at radius 2 is 1.29 bits per heavy atom. The Morgan fingerprint density at radius 3 is 1.85 bits per heavy atom. The number of fused-ring (bicyclic) bond motifs is 2.